The average molecular weight is 269 g/mol. The average Bonchev–Trinajstić information content (AvgIpc) is 2.27. The maximum Gasteiger partial charge on any atom is 0.345 e. The van der Waals surface area contributed by atoms with E-state index in [9.17, 15) is 24.8 Å². The molecule has 1 N–H and O–H groups in total. The molecule has 1 unspecified atom stereocenters. The van der Waals surface area contributed by atoms with Crippen molar-refractivity contribution in [1.82, 2.24) is 0 Å². The number of phenolic OH excluding ortho intramolecular Hbond substituents is 1. The smallest absolute Gasteiger partial charge is 0.345 e. The van der Waals surface area contributed by atoms with Crippen LogP contribution in [-0.2, 0) is 14.3 Å². The highest BCUT2D eigenvalue weighted by atomic mass is 16.7. The second-order valence-electron chi connectivity index (χ2n) is 3.54. The molecule has 0 heterocycles. The molecule has 102 valence electrons. The Kier molecular flexibility index (Phi) is 4.41. The van der Waals surface area contributed by atoms with Crippen molar-refractivity contribution in [1.29, 1.82) is 0 Å². The molecule has 8 heteroatoms. The van der Waals surface area contributed by atoms with Gasteiger partial charge in [0, 0.05) is 26.0 Å². The van der Waals surface area contributed by atoms with Gasteiger partial charge in [0.1, 0.15) is 11.3 Å². The number of nitrogens with zero attached hydrogens (tertiary/aromatic N) is 1. The van der Waals surface area contributed by atoms with E-state index in [0.29, 0.717) is 0 Å². The molecule has 0 aliphatic rings. The van der Waals surface area contributed by atoms with Crippen LogP contribution in [0.25, 0.3) is 0 Å². The Labute approximate surface area is 107 Å². The van der Waals surface area contributed by atoms with Crippen molar-refractivity contribution in [3.05, 3.63) is 33.9 Å². The summed E-state index contributed by atoms with van der Waals surface area (Å²) in [6.07, 6.45) is -1.16. The minimum Gasteiger partial charge on any atom is -0.507 e. The van der Waals surface area contributed by atoms with Crippen molar-refractivity contribution < 1.29 is 29.1 Å². The van der Waals surface area contributed by atoms with Gasteiger partial charge >= 0.3 is 11.9 Å². The summed E-state index contributed by atoms with van der Waals surface area (Å²) < 4.78 is 9.26. The lowest BCUT2D eigenvalue weighted by atomic mass is 10.2. The predicted octanol–water partition coefficient (Wildman–Crippen LogP) is 1.37. The fourth-order valence-corrected chi connectivity index (χ4v) is 1.27. The maximum absolute atomic E-state index is 11.6. The highest BCUT2D eigenvalue weighted by Gasteiger charge is 2.20. The largest absolute Gasteiger partial charge is 0.507 e. The fraction of sp³-hybridized carbons (Fsp3) is 0.273. The number of benzene rings is 1. The molecule has 1 atom stereocenters. The highest BCUT2D eigenvalue weighted by Crippen LogP contribution is 2.24. The number of non-ortho nitro benzene ring substituents is 1. The van der Waals surface area contributed by atoms with Gasteiger partial charge in [0.25, 0.3) is 5.69 Å². The minimum absolute atomic E-state index is 0.370. The van der Waals surface area contributed by atoms with E-state index < -0.39 is 28.9 Å². The van der Waals surface area contributed by atoms with Gasteiger partial charge in [0.2, 0.25) is 6.29 Å². The van der Waals surface area contributed by atoms with E-state index >= 15 is 0 Å². The van der Waals surface area contributed by atoms with Crippen LogP contribution < -0.4 is 0 Å². The van der Waals surface area contributed by atoms with E-state index in [1.807, 2.05) is 0 Å². The van der Waals surface area contributed by atoms with Crippen molar-refractivity contribution in [2.75, 3.05) is 0 Å². The molecule has 0 spiro atoms. The number of nitro groups is 1. The first kappa shape index (κ1) is 14.4. The summed E-state index contributed by atoms with van der Waals surface area (Å²) in [7, 11) is 0. The first-order chi connectivity index (χ1) is 8.81. The highest BCUT2D eigenvalue weighted by molar-refractivity contribution is 5.93. The molecule has 1 aromatic carbocycles. The minimum atomic E-state index is -1.16. The van der Waals surface area contributed by atoms with Gasteiger partial charge in [-0.25, -0.2) is 4.79 Å². The van der Waals surface area contributed by atoms with Crippen LogP contribution in [0.1, 0.15) is 24.2 Å². The molecule has 0 fully saturated rings. The molecule has 0 saturated heterocycles. The third-order valence-corrected chi connectivity index (χ3v) is 2.02. The van der Waals surface area contributed by atoms with Crippen molar-refractivity contribution in [3.8, 4) is 5.75 Å². The summed E-state index contributed by atoms with van der Waals surface area (Å²) in [5.41, 5.74) is -0.752. The zero-order valence-corrected chi connectivity index (χ0v) is 10.2. The van der Waals surface area contributed by atoms with Gasteiger partial charge in [-0.1, -0.05) is 0 Å². The van der Waals surface area contributed by atoms with Crippen molar-refractivity contribution >= 4 is 17.6 Å². The van der Waals surface area contributed by atoms with Crippen LogP contribution in [0.5, 0.6) is 5.75 Å². The number of aromatic hydroxyl groups is 1. The second kappa shape index (κ2) is 5.80. The van der Waals surface area contributed by atoms with E-state index in [2.05, 4.69) is 4.74 Å². The summed E-state index contributed by atoms with van der Waals surface area (Å²) >= 11 is 0. The van der Waals surface area contributed by atoms with Crippen LogP contribution in [0, 0.1) is 10.1 Å². The zero-order valence-electron chi connectivity index (χ0n) is 10.2. The molecule has 0 aliphatic carbocycles. The lowest BCUT2D eigenvalue weighted by molar-refractivity contribution is -0.384. The Morgan fingerprint density at radius 2 is 2.00 bits per heavy atom. The number of hydrogen-bond donors (Lipinski definition) is 1. The molecule has 19 heavy (non-hydrogen) atoms. The topological polar surface area (TPSA) is 116 Å². The van der Waals surface area contributed by atoms with E-state index in [1.54, 1.807) is 0 Å². The summed E-state index contributed by atoms with van der Waals surface area (Å²) in [6, 6.07) is 2.92. The second-order valence-corrected chi connectivity index (χ2v) is 3.54. The number of hydrogen-bond acceptors (Lipinski definition) is 7. The molecule has 0 radical (unpaired) electrons. The number of nitro benzene ring substituents is 1. The molecular formula is C11H11NO7. The number of ether oxygens (including phenoxy) is 2. The molecule has 1 aromatic rings. The van der Waals surface area contributed by atoms with Crippen molar-refractivity contribution in [2.45, 2.75) is 20.1 Å². The standard InChI is InChI=1S/C11H11NO7/c1-6(13)18-7(2)19-11(15)9-5-8(12(16)17)3-4-10(9)14/h3-5,7,14H,1-2H3. The Morgan fingerprint density at radius 1 is 1.37 bits per heavy atom. The predicted molar refractivity (Wildman–Crippen MR) is 61.4 cm³/mol. The van der Waals surface area contributed by atoms with E-state index in [4.69, 9.17) is 4.74 Å². The molecule has 0 bridgehead atoms. The van der Waals surface area contributed by atoms with Gasteiger partial charge in [-0.3, -0.25) is 14.9 Å². The molecule has 8 nitrogen and oxygen atoms in total. The van der Waals surface area contributed by atoms with Crippen LogP contribution in [0.3, 0.4) is 0 Å². The van der Waals surface area contributed by atoms with E-state index in [-0.39, 0.29) is 11.3 Å². The number of rotatable bonds is 4. The lowest BCUT2D eigenvalue weighted by Crippen LogP contribution is -2.20. The molecule has 0 aliphatic heterocycles. The molecule has 0 aromatic heterocycles. The van der Waals surface area contributed by atoms with Crippen molar-refractivity contribution in [3.63, 3.8) is 0 Å². The van der Waals surface area contributed by atoms with Gasteiger partial charge in [-0.05, 0) is 6.07 Å². The molecular weight excluding hydrogens is 258 g/mol. The molecule has 0 amide bonds. The van der Waals surface area contributed by atoms with Gasteiger partial charge in [-0.2, -0.15) is 0 Å². The van der Waals surface area contributed by atoms with Crippen molar-refractivity contribution in [2.24, 2.45) is 0 Å². The van der Waals surface area contributed by atoms with Crippen LogP contribution in [0.4, 0.5) is 5.69 Å². The van der Waals surface area contributed by atoms with Gasteiger partial charge in [0.05, 0.1) is 4.92 Å². The maximum atomic E-state index is 11.6. The lowest BCUT2D eigenvalue weighted by Gasteiger charge is -2.13. The zero-order chi connectivity index (χ0) is 14.6. The summed E-state index contributed by atoms with van der Waals surface area (Å²) in [6.45, 7) is 2.43. The summed E-state index contributed by atoms with van der Waals surface area (Å²) in [5, 5.41) is 20.0. The number of carbonyl (C=O) groups is 2. The Morgan fingerprint density at radius 3 is 2.53 bits per heavy atom. The molecule has 0 saturated carbocycles. The summed E-state index contributed by atoms with van der Waals surface area (Å²) in [4.78, 5) is 32.1. The van der Waals surface area contributed by atoms with Gasteiger partial charge < -0.3 is 14.6 Å². The number of esters is 2. The third kappa shape index (κ3) is 3.95. The SMILES string of the molecule is CC(=O)OC(C)OC(=O)c1cc([N+](=O)[O-])ccc1O. The fourth-order valence-electron chi connectivity index (χ4n) is 1.27. The summed E-state index contributed by atoms with van der Waals surface area (Å²) in [5.74, 6) is -2.15. The third-order valence-electron chi connectivity index (χ3n) is 2.02. The number of phenols is 1. The Bertz CT molecular complexity index is 526. The van der Waals surface area contributed by atoms with Crippen LogP contribution >= 0.6 is 0 Å². The first-order valence-corrected chi connectivity index (χ1v) is 5.17. The van der Waals surface area contributed by atoms with E-state index in [1.165, 1.54) is 6.92 Å². The van der Waals surface area contributed by atoms with E-state index in [0.717, 1.165) is 25.1 Å². The monoisotopic (exact) mass is 269 g/mol. The quantitative estimate of drug-likeness (QED) is 0.379. The Hall–Kier alpha value is -2.64. The van der Waals surface area contributed by atoms with Gasteiger partial charge in [-0.15, -0.1) is 0 Å². The number of carbonyl (C=O) groups excluding carboxylic acids is 2. The van der Waals surface area contributed by atoms with Gasteiger partial charge in [0.15, 0.2) is 0 Å². The first-order valence-electron chi connectivity index (χ1n) is 5.17. The normalized spacial score (nSPS) is 11.5. The van der Waals surface area contributed by atoms with Crippen LogP contribution in [-0.4, -0.2) is 28.3 Å². The van der Waals surface area contributed by atoms with Crippen LogP contribution in [0.15, 0.2) is 18.2 Å². The van der Waals surface area contributed by atoms with Crippen LogP contribution in [0.2, 0.25) is 0 Å². The Balaban J connectivity index is 2.90. The molecule has 1 rings (SSSR count).